The Morgan fingerprint density at radius 2 is 2.46 bits per heavy atom. The molecule has 13 heavy (non-hydrogen) atoms. The van der Waals surface area contributed by atoms with Crippen LogP contribution in [0.1, 0.15) is 13.8 Å². The van der Waals surface area contributed by atoms with Gasteiger partial charge in [-0.2, -0.15) is 0 Å². The summed E-state index contributed by atoms with van der Waals surface area (Å²) in [5, 5.41) is 3.09. The van der Waals surface area contributed by atoms with Crippen LogP contribution in [0.15, 0.2) is 12.4 Å². The maximum atomic E-state index is 11.3. The molecular weight excluding hydrogens is 190 g/mol. The Bertz CT molecular complexity index is 295. The molecule has 0 aliphatic carbocycles. The Hall–Kier alpha value is -1.03. The summed E-state index contributed by atoms with van der Waals surface area (Å²) < 4.78 is 1.58. The Balaban J connectivity index is 2.50. The fraction of sp³-hybridized carbons (Fsp3) is 0.500. The van der Waals surface area contributed by atoms with Crippen LogP contribution < -0.4 is 5.32 Å². The molecule has 1 N–H and O–H groups in total. The van der Waals surface area contributed by atoms with Gasteiger partial charge in [0.05, 0.1) is 0 Å². The second-order valence-electron chi connectivity index (χ2n) is 3.05. The lowest BCUT2D eigenvalue weighted by atomic mass is 10.4. The second-order valence-corrected chi connectivity index (χ2v) is 3.38. The van der Waals surface area contributed by atoms with E-state index in [1.54, 1.807) is 17.0 Å². The highest BCUT2D eigenvalue weighted by molar-refractivity contribution is 6.28. The number of hydrogen-bond acceptors (Lipinski definition) is 2. The van der Waals surface area contributed by atoms with Crippen molar-refractivity contribution < 1.29 is 4.79 Å². The van der Waals surface area contributed by atoms with Crippen LogP contribution in [0.5, 0.6) is 0 Å². The number of imidazole rings is 1. The minimum absolute atomic E-state index is 0.0603. The first-order chi connectivity index (χ1) is 6.09. The average Bonchev–Trinajstić information content (AvgIpc) is 2.34. The number of halogens is 1. The molecule has 0 aliphatic rings. The van der Waals surface area contributed by atoms with E-state index in [2.05, 4.69) is 10.3 Å². The van der Waals surface area contributed by atoms with E-state index in [0.717, 1.165) is 0 Å². The Labute approximate surface area is 81.9 Å². The van der Waals surface area contributed by atoms with E-state index in [1.807, 2.05) is 13.8 Å². The third-order valence-electron chi connectivity index (χ3n) is 1.43. The van der Waals surface area contributed by atoms with Crippen LogP contribution >= 0.6 is 11.6 Å². The monoisotopic (exact) mass is 201 g/mol. The third kappa shape index (κ3) is 3.06. The molecule has 0 spiro atoms. The van der Waals surface area contributed by atoms with Gasteiger partial charge in [0.15, 0.2) is 0 Å². The zero-order chi connectivity index (χ0) is 9.84. The van der Waals surface area contributed by atoms with Crippen molar-refractivity contribution >= 4 is 17.5 Å². The standard InChI is InChI=1S/C8H12ClN3O/c1-6(2)11-7(13)5-12-4-3-10-8(12)9/h3-4,6H,5H2,1-2H3,(H,11,13). The number of aromatic nitrogens is 2. The molecule has 0 saturated carbocycles. The minimum Gasteiger partial charge on any atom is -0.352 e. The van der Waals surface area contributed by atoms with E-state index < -0.39 is 0 Å². The van der Waals surface area contributed by atoms with Gasteiger partial charge in [-0.1, -0.05) is 0 Å². The zero-order valence-electron chi connectivity index (χ0n) is 7.62. The van der Waals surface area contributed by atoms with Crippen molar-refractivity contribution in [2.24, 2.45) is 0 Å². The molecule has 1 heterocycles. The van der Waals surface area contributed by atoms with Crippen LogP contribution in [0.25, 0.3) is 0 Å². The van der Waals surface area contributed by atoms with Crippen LogP contribution in [0.3, 0.4) is 0 Å². The summed E-state index contributed by atoms with van der Waals surface area (Å²) in [5.41, 5.74) is 0. The molecule has 5 heteroatoms. The summed E-state index contributed by atoms with van der Waals surface area (Å²) in [6.45, 7) is 4.04. The number of nitrogens with zero attached hydrogens (tertiary/aromatic N) is 2. The molecule has 0 saturated heterocycles. The predicted octanol–water partition coefficient (Wildman–Crippen LogP) is 1.06. The normalized spacial score (nSPS) is 10.5. The number of carbonyl (C=O) groups is 1. The van der Waals surface area contributed by atoms with E-state index in [-0.39, 0.29) is 18.5 Å². The first-order valence-corrected chi connectivity index (χ1v) is 4.43. The van der Waals surface area contributed by atoms with E-state index in [1.165, 1.54) is 0 Å². The van der Waals surface area contributed by atoms with Gasteiger partial charge in [0, 0.05) is 18.4 Å². The van der Waals surface area contributed by atoms with Crippen molar-refractivity contribution in [3.63, 3.8) is 0 Å². The smallest absolute Gasteiger partial charge is 0.240 e. The van der Waals surface area contributed by atoms with Crippen LogP contribution in [0.4, 0.5) is 0 Å². The van der Waals surface area contributed by atoms with Gasteiger partial charge in [0.25, 0.3) is 0 Å². The molecule has 4 nitrogen and oxygen atoms in total. The highest BCUT2D eigenvalue weighted by atomic mass is 35.5. The van der Waals surface area contributed by atoms with Crippen molar-refractivity contribution in [1.82, 2.24) is 14.9 Å². The van der Waals surface area contributed by atoms with E-state index in [9.17, 15) is 4.79 Å². The second kappa shape index (κ2) is 4.28. The quantitative estimate of drug-likeness (QED) is 0.795. The lowest BCUT2D eigenvalue weighted by molar-refractivity contribution is -0.122. The maximum absolute atomic E-state index is 11.3. The Morgan fingerprint density at radius 1 is 1.77 bits per heavy atom. The Morgan fingerprint density at radius 3 is 2.92 bits per heavy atom. The molecule has 0 bridgehead atoms. The fourth-order valence-corrected chi connectivity index (χ4v) is 1.12. The summed E-state index contributed by atoms with van der Waals surface area (Å²) in [6.07, 6.45) is 3.23. The van der Waals surface area contributed by atoms with Crippen molar-refractivity contribution in [3.8, 4) is 0 Å². The van der Waals surface area contributed by atoms with Crippen LogP contribution in [-0.2, 0) is 11.3 Å². The number of hydrogen-bond donors (Lipinski definition) is 1. The molecule has 0 atom stereocenters. The molecule has 1 aromatic heterocycles. The van der Waals surface area contributed by atoms with Gasteiger partial charge in [-0.3, -0.25) is 4.79 Å². The zero-order valence-corrected chi connectivity index (χ0v) is 8.38. The molecule has 0 unspecified atom stereocenters. The summed E-state index contributed by atoms with van der Waals surface area (Å²) >= 11 is 5.69. The van der Waals surface area contributed by atoms with Crippen molar-refractivity contribution in [3.05, 3.63) is 17.7 Å². The van der Waals surface area contributed by atoms with Gasteiger partial charge < -0.3 is 9.88 Å². The number of rotatable bonds is 3. The molecule has 72 valence electrons. The van der Waals surface area contributed by atoms with Crippen molar-refractivity contribution in [2.75, 3.05) is 0 Å². The van der Waals surface area contributed by atoms with Gasteiger partial charge in [-0.15, -0.1) is 0 Å². The SMILES string of the molecule is CC(C)NC(=O)Cn1ccnc1Cl. The third-order valence-corrected chi connectivity index (χ3v) is 1.74. The minimum atomic E-state index is -0.0603. The topological polar surface area (TPSA) is 46.9 Å². The maximum Gasteiger partial charge on any atom is 0.240 e. The Kier molecular flexibility index (Phi) is 3.31. The summed E-state index contributed by atoms with van der Waals surface area (Å²) in [7, 11) is 0. The van der Waals surface area contributed by atoms with E-state index >= 15 is 0 Å². The molecule has 0 fully saturated rings. The molecule has 0 aliphatic heterocycles. The van der Waals surface area contributed by atoms with Crippen LogP contribution in [0.2, 0.25) is 5.28 Å². The molecule has 1 amide bonds. The number of amides is 1. The fourth-order valence-electron chi connectivity index (χ4n) is 0.951. The van der Waals surface area contributed by atoms with Crippen molar-refractivity contribution in [1.29, 1.82) is 0 Å². The van der Waals surface area contributed by atoms with Crippen molar-refractivity contribution in [2.45, 2.75) is 26.4 Å². The average molecular weight is 202 g/mol. The van der Waals surface area contributed by atoms with Crippen LogP contribution in [-0.4, -0.2) is 21.5 Å². The predicted molar refractivity (Wildman–Crippen MR) is 50.5 cm³/mol. The van der Waals surface area contributed by atoms with Gasteiger partial charge in [-0.25, -0.2) is 4.98 Å². The first-order valence-electron chi connectivity index (χ1n) is 4.05. The summed E-state index contributed by atoms with van der Waals surface area (Å²) in [4.78, 5) is 15.1. The largest absolute Gasteiger partial charge is 0.352 e. The van der Waals surface area contributed by atoms with E-state index in [4.69, 9.17) is 11.6 Å². The summed E-state index contributed by atoms with van der Waals surface area (Å²) in [5.74, 6) is -0.0603. The summed E-state index contributed by atoms with van der Waals surface area (Å²) in [6, 6.07) is 0.148. The van der Waals surface area contributed by atoms with Crippen LogP contribution in [0, 0.1) is 0 Å². The lowest BCUT2D eigenvalue weighted by Gasteiger charge is -2.08. The number of nitrogens with one attached hydrogen (secondary N) is 1. The van der Waals surface area contributed by atoms with Gasteiger partial charge in [0.1, 0.15) is 6.54 Å². The van der Waals surface area contributed by atoms with Gasteiger partial charge in [-0.05, 0) is 25.4 Å². The molecular formula is C8H12ClN3O. The highest BCUT2D eigenvalue weighted by Gasteiger charge is 2.06. The van der Waals surface area contributed by atoms with Gasteiger partial charge in [0.2, 0.25) is 11.2 Å². The molecule has 0 aromatic carbocycles. The lowest BCUT2D eigenvalue weighted by Crippen LogP contribution is -2.32. The first kappa shape index (κ1) is 10.1. The molecule has 1 aromatic rings. The highest BCUT2D eigenvalue weighted by Crippen LogP contribution is 2.03. The molecule has 1 rings (SSSR count). The number of carbonyl (C=O) groups excluding carboxylic acids is 1. The van der Waals surface area contributed by atoms with E-state index in [0.29, 0.717) is 5.28 Å². The van der Waals surface area contributed by atoms with Gasteiger partial charge >= 0.3 is 0 Å². The molecule has 0 radical (unpaired) electrons.